The van der Waals surface area contributed by atoms with Gasteiger partial charge in [-0.25, -0.2) is 8.42 Å². The Morgan fingerprint density at radius 3 is 2.18 bits per heavy atom. The van der Waals surface area contributed by atoms with Crippen molar-refractivity contribution in [2.24, 2.45) is 0 Å². The lowest BCUT2D eigenvalue weighted by atomic mass is 9.92. The van der Waals surface area contributed by atoms with Crippen LogP contribution in [0.25, 0.3) is 0 Å². The number of hydrogen-bond acceptors (Lipinski definition) is 4. The van der Waals surface area contributed by atoms with Gasteiger partial charge in [0.2, 0.25) is 5.91 Å². The number of anilines is 1. The molecular weight excluding hydrogens is 372 g/mol. The molecule has 1 saturated carbocycles. The van der Waals surface area contributed by atoms with Gasteiger partial charge in [0.15, 0.2) is 9.84 Å². The van der Waals surface area contributed by atoms with Gasteiger partial charge in [-0.2, -0.15) is 0 Å². The molecule has 3 rings (SSSR count). The van der Waals surface area contributed by atoms with Crippen molar-refractivity contribution >= 4 is 21.4 Å². The minimum Gasteiger partial charge on any atom is -0.362 e. The lowest BCUT2D eigenvalue weighted by molar-refractivity contribution is -0.135. The van der Waals surface area contributed by atoms with E-state index in [0.29, 0.717) is 13.0 Å². The van der Waals surface area contributed by atoms with Crippen LogP contribution in [0.2, 0.25) is 0 Å². The molecule has 0 N–H and O–H groups in total. The van der Waals surface area contributed by atoms with Crippen LogP contribution in [0.15, 0.2) is 18.2 Å². The molecule has 1 saturated heterocycles. The maximum Gasteiger partial charge on any atom is 0.242 e. The van der Waals surface area contributed by atoms with E-state index in [2.05, 4.69) is 43.9 Å². The minimum absolute atomic E-state index is 0.0787. The molecule has 1 unspecified atom stereocenters. The maximum absolute atomic E-state index is 13.4. The van der Waals surface area contributed by atoms with E-state index in [1.807, 2.05) is 4.90 Å². The van der Waals surface area contributed by atoms with Crippen LogP contribution in [0.1, 0.15) is 56.6 Å². The molecule has 2 aliphatic rings. The highest BCUT2D eigenvalue weighted by atomic mass is 32.2. The first-order valence-corrected chi connectivity index (χ1v) is 12.5. The van der Waals surface area contributed by atoms with E-state index in [0.717, 1.165) is 37.9 Å². The standard InChI is InChI=1S/C22H34N2O3S/c1-4-23(21-13-17(2)12-18(3)14-21)15-22(25)24(19-8-6-5-7-9-19)20-10-11-28(26,27)16-20/h12-14,19-20H,4-11,15-16H2,1-3H3. The molecule has 0 radical (unpaired) electrons. The van der Waals surface area contributed by atoms with Gasteiger partial charge in [-0.15, -0.1) is 0 Å². The Balaban J connectivity index is 1.81. The molecule has 0 bridgehead atoms. The van der Waals surface area contributed by atoms with Crippen molar-refractivity contribution in [3.63, 3.8) is 0 Å². The Hall–Kier alpha value is -1.56. The van der Waals surface area contributed by atoms with Crippen LogP contribution in [-0.2, 0) is 14.6 Å². The smallest absolute Gasteiger partial charge is 0.242 e. The number of sulfone groups is 1. The second-order valence-corrected chi connectivity index (χ2v) is 10.7. The van der Waals surface area contributed by atoms with Crippen molar-refractivity contribution in [2.45, 2.75) is 71.4 Å². The summed E-state index contributed by atoms with van der Waals surface area (Å²) in [6.45, 7) is 7.27. The van der Waals surface area contributed by atoms with E-state index in [4.69, 9.17) is 0 Å². The summed E-state index contributed by atoms with van der Waals surface area (Å²) in [5.41, 5.74) is 3.44. The second kappa shape index (κ2) is 8.85. The van der Waals surface area contributed by atoms with Gasteiger partial charge < -0.3 is 9.80 Å². The third kappa shape index (κ3) is 5.07. The average Bonchev–Trinajstić information content (AvgIpc) is 2.99. The Morgan fingerprint density at radius 2 is 1.64 bits per heavy atom. The van der Waals surface area contributed by atoms with Crippen LogP contribution >= 0.6 is 0 Å². The lowest BCUT2D eigenvalue weighted by Crippen LogP contribution is -2.52. The third-order valence-electron chi connectivity index (χ3n) is 6.14. The van der Waals surface area contributed by atoms with Crippen molar-refractivity contribution in [1.82, 2.24) is 4.90 Å². The summed E-state index contributed by atoms with van der Waals surface area (Å²) in [6, 6.07) is 6.41. The summed E-state index contributed by atoms with van der Waals surface area (Å²) in [5, 5.41) is 0. The molecule has 1 aliphatic heterocycles. The van der Waals surface area contributed by atoms with E-state index in [9.17, 15) is 13.2 Å². The average molecular weight is 407 g/mol. The van der Waals surface area contributed by atoms with Crippen molar-refractivity contribution < 1.29 is 13.2 Å². The van der Waals surface area contributed by atoms with Gasteiger partial charge in [0.25, 0.3) is 0 Å². The van der Waals surface area contributed by atoms with E-state index >= 15 is 0 Å². The zero-order valence-electron chi connectivity index (χ0n) is 17.5. The third-order valence-corrected chi connectivity index (χ3v) is 7.89. The number of rotatable bonds is 6. The molecule has 0 spiro atoms. The monoisotopic (exact) mass is 406 g/mol. The Bertz CT molecular complexity index is 780. The molecule has 0 aromatic heterocycles. The Kier molecular flexibility index (Phi) is 6.69. The number of carbonyl (C=O) groups is 1. The quantitative estimate of drug-likeness (QED) is 0.726. The summed E-state index contributed by atoms with van der Waals surface area (Å²) >= 11 is 0. The van der Waals surface area contributed by atoms with Crippen molar-refractivity contribution in [3.8, 4) is 0 Å². The van der Waals surface area contributed by atoms with Gasteiger partial charge in [-0.1, -0.05) is 25.3 Å². The first-order valence-electron chi connectivity index (χ1n) is 10.6. The van der Waals surface area contributed by atoms with Crippen LogP contribution in [-0.4, -0.2) is 55.9 Å². The van der Waals surface area contributed by atoms with Gasteiger partial charge in [0, 0.05) is 24.3 Å². The van der Waals surface area contributed by atoms with E-state index in [1.54, 1.807) is 0 Å². The van der Waals surface area contributed by atoms with Crippen LogP contribution in [0.3, 0.4) is 0 Å². The predicted octanol–water partition coefficient (Wildman–Crippen LogP) is 3.48. The Morgan fingerprint density at radius 1 is 1.00 bits per heavy atom. The lowest BCUT2D eigenvalue weighted by Gasteiger charge is -2.39. The number of benzene rings is 1. The first kappa shape index (κ1) is 21.2. The molecular formula is C22H34N2O3S. The van der Waals surface area contributed by atoms with Crippen LogP contribution < -0.4 is 4.90 Å². The molecule has 1 atom stereocenters. The highest BCUT2D eigenvalue weighted by Gasteiger charge is 2.38. The number of likely N-dealkylation sites (N-methyl/N-ethyl adjacent to an activating group) is 1. The highest BCUT2D eigenvalue weighted by molar-refractivity contribution is 7.91. The van der Waals surface area contributed by atoms with Crippen LogP contribution in [0.5, 0.6) is 0 Å². The second-order valence-electron chi connectivity index (χ2n) is 8.51. The number of nitrogens with zero attached hydrogens (tertiary/aromatic N) is 2. The zero-order valence-corrected chi connectivity index (χ0v) is 18.3. The van der Waals surface area contributed by atoms with Crippen molar-refractivity contribution in [2.75, 3.05) is 29.5 Å². The fourth-order valence-corrected chi connectivity index (χ4v) is 6.53. The van der Waals surface area contributed by atoms with Crippen molar-refractivity contribution in [1.29, 1.82) is 0 Å². The summed E-state index contributed by atoms with van der Waals surface area (Å²) < 4.78 is 24.2. The normalized spacial score (nSPS) is 22.2. The number of amides is 1. The summed E-state index contributed by atoms with van der Waals surface area (Å²) in [6.07, 6.45) is 6.05. The summed E-state index contributed by atoms with van der Waals surface area (Å²) in [7, 11) is -3.02. The largest absolute Gasteiger partial charge is 0.362 e. The highest BCUT2D eigenvalue weighted by Crippen LogP contribution is 2.29. The fraction of sp³-hybridized carbons (Fsp3) is 0.682. The van der Waals surface area contributed by atoms with Gasteiger partial charge in [0.1, 0.15) is 0 Å². The molecule has 1 aromatic carbocycles. The molecule has 5 nitrogen and oxygen atoms in total. The SMILES string of the molecule is CCN(CC(=O)N(C1CCCCC1)C1CCS(=O)(=O)C1)c1cc(C)cc(C)c1. The molecule has 156 valence electrons. The van der Waals surface area contributed by atoms with Gasteiger partial charge in [-0.3, -0.25) is 4.79 Å². The van der Waals surface area contributed by atoms with Crippen LogP contribution in [0, 0.1) is 13.8 Å². The number of hydrogen-bond donors (Lipinski definition) is 0. The summed E-state index contributed by atoms with van der Waals surface area (Å²) in [5.74, 6) is 0.420. The van der Waals surface area contributed by atoms with E-state index < -0.39 is 9.84 Å². The van der Waals surface area contributed by atoms with Crippen molar-refractivity contribution in [3.05, 3.63) is 29.3 Å². The molecule has 6 heteroatoms. The molecule has 1 heterocycles. The van der Waals surface area contributed by atoms with Gasteiger partial charge >= 0.3 is 0 Å². The topological polar surface area (TPSA) is 57.7 Å². The van der Waals surface area contributed by atoms with Crippen LogP contribution in [0.4, 0.5) is 5.69 Å². The van der Waals surface area contributed by atoms with Gasteiger partial charge in [-0.05, 0) is 63.3 Å². The summed E-state index contributed by atoms with van der Waals surface area (Å²) in [4.78, 5) is 17.5. The first-order chi connectivity index (χ1) is 13.3. The Labute approximate surface area is 170 Å². The molecule has 1 amide bonds. The minimum atomic E-state index is -3.02. The zero-order chi connectivity index (χ0) is 20.3. The molecule has 28 heavy (non-hydrogen) atoms. The van der Waals surface area contributed by atoms with E-state index in [1.165, 1.54) is 17.5 Å². The molecule has 1 aromatic rings. The number of carbonyl (C=O) groups excluding carboxylic acids is 1. The van der Waals surface area contributed by atoms with Gasteiger partial charge in [0.05, 0.1) is 18.1 Å². The molecule has 2 fully saturated rings. The predicted molar refractivity (Wildman–Crippen MR) is 115 cm³/mol. The molecule has 1 aliphatic carbocycles. The number of aryl methyl sites for hydroxylation is 2. The maximum atomic E-state index is 13.4. The fourth-order valence-electron chi connectivity index (χ4n) is 4.82. The van der Waals surface area contributed by atoms with E-state index in [-0.39, 0.29) is 29.5 Å².